The lowest BCUT2D eigenvalue weighted by Gasteiger charge is -2.16. The number of phenols is 1. The summed E-state index contributed by atoms with van der Waals surface area (Å²) in [4.78, 5) is 14.7. The number of benzene rings is 3. The molecule has 4 rings (SSSR count). The average Bonchev–Trinajstić information content (AvgIpc) is 2.93. The molecule has 14 heteroatoms. The number of nitrogens with two attached hydrogens (primary N) is 2. The van der Waals surface area contributed by atoms with E-state index >= 15 is 8.78 Å². The van der Waals surface area contributed by atoms with Gasteiger partial charge in [-0.05, 0) is 54.1 Å². The molecule has 0 aliphatic heterocycles. The fourth-order valence-electron chi connectivity index (χ4n) is 3.44. The Hall–Kier alpha value is -6.18. The number of hydrogen-bond acceptors (Lipinski definition) is 8. The van der Waals surface area contributed by atoms with Crippen LogP contribution >= 0.6 is 0 Å². The van der Waals surface area contributed by atoms with Gasteiger partial charge in [0.1, 0.15) is 17.3 Å². The number of nitrogen functional groups attached to an aromatic ring is 1. The minimum absolute atomic E-state index is 0.0124. The molecule has 0 amide bonds. The van der Waals surface area contributed by atoms with Crippen LogP contribution in [0.15, 0.2) is 72.8 Å². The van der Waals surface area contributed by atoms with Gasteiger partial charge in [0.25, 0.3) is 11.8 Å². The second-order valence-corrected chi connectivity index (χ2v) is 8.39. The van der Waals surface area contributed by atoms with E-state index in [1.165, 1.54) is 48.5 Å². The fraction of sp³-hybridized carbons (Fsp3) is 0. The first-order chi connectivity index (χ1) is 20.0. The van der Waals surface area contributed by atoms with Crippen molar-refractivity contribution in [2.75, 3.05) is 5.32 Å². The number of aliphatic carboxylic acids is 1. The number of carboxylic acids is 1. The van der Waals surface area contributed by atoms with Crippen molar-refractivity contribution in [2.45, 2.75) is 0 Å². The first-order valence-corrected chi connectivity index (χ1v) is 11.8. The monoisotopic (exact) mass is 576 g/mol. The molecule has 0 saturated carbocycles. The van der Waals surface area contributed by atoms with Crippen molar-refractivity contribution in [1.29, 1.82) is 10.8 Å². The lowest BCUT2D eigenvalue weighted by molar-refractivity contribution is -0.131. The van der Waals surface area contributed by atoms with Crippen LogP contribution in [0, 0.1) is 22.5 Å². The molecule has 0 aliphatic carbocycles. The minimum Gasteiger partial charge on any atom is -0.504 e. The van der Waals surface area contributed by atoms with Crippen LogP contribution in [0.3, 0.4) is 0 Å². The molecular formula is C28H22F2N6O6. The average molecular weight is 577 g/mol. The molecule has 214 valence electrons. The summed E-state index contributed by atoms with van der Waals surface area (Å²) in [6.07, 6.45) is 2.13. The van der Waals surface area contributed by atoms with Gasteiger partial charge in [0, 0.05) is 23.4 Å². The van der Waals surface area contributed by atoms with Crippen LogP contribution in [0.4, 0.5) is 14.5 Å². The summed E-state index contributed by atoms with van der Waals surface area (Å²) in [6, 6.07) is 15.2. The lowest BCUT2D eigenvalue weighted by atomic mass is 10.2. The predicted molar refractivity (Wildman–Crippen MR) is 149 cm³/mol. The van der Waals surface area contributed by atoms with E-state index in [1.54, 1.807) is 12.1 Å². The van der Waals surface area contributed by atoms with Gasteiger partial charge in [-0.2, -0.15) is 13.8 Å². The highest BCUT2D eigenvalue weighted by atomic mass is 19.1. The van der Waals surface area contributed by atoms with E-state index in [0.29, 0.717) is 11.3 Å². The van der Waals surface area contributed by atoms with E-state index in [-0.39, 0.29) is 34.6 Å². The van der Waals surface area contributed by atoms with E-state index < -0.39 is 40.9 Å². The van der Waals surface area contributed by atoms with Gasteiger partial charge < -0.3 is 41.2 Å². The Morgan fingerprint density at radius 3 is 2.24 bits per heavy atom. The molecule has 42 heavy (non-hydrogen) atoms. The van der Waals surface area contributed by atoms with Crippen LogP contribution in [0.5, 0.6) is 40.5 Å². The Bertz CT molecular complexity index is 1730. The topological polar surface area (TPSA) is 210 Å². The summed E-state index contributed by atoms with van der Waals surface area (Å²) < 4.78 is 47.9. The Labute approximate surface area is 236 Å². The van der Waals surface area contributed by atoms with Crippen molar-refractivity contribution < 1.29 is 38.0 Å². The van der Waals surface area contributed by atoms with Crippen molar-refractivity contribution in [3.63, 3.8) is 0 Å². The molecule has 0 fully saturated rings. The molecule has 0 bridgehead atoms. The van der Waals surface area contributed by atoms with Gasteiger partial charge in [-0.25, -0.2) is 4.79 Å². The summed E-state index contributed by atoms with van der Waals surface area (Å²) in [5.41, 5.74) is 11.7. The van der Waals surface area contributed by atoms with E-state index in [4.69, 9.17) is 41.6 Å². The number of amidine groups is 1. The molecule has 0 radical (unpaired) electrons. The maximum atomic E-state index is 15.7. The summed E-state index contributed by atoms with van der Waals surface area (Å²) in [6.45, 7) is 0. The van der Waals surface area contributed by atoms with Gasteiger partial charge in [0.05, 0.1) is 0 Å². The predicted octanol–water partition coefficient (Wildman–Crippen LogP) is 5.13. The number of ether oxygens (including phenoxy) is 3. The fourth-order valence-corrected chi connectivity index (χ4v) is 3.44. The largest absolute Gasteiger partial charge is 0.504 e. The van der Waals surface area contributed by atoms with Crippen LogP contribution in [0.2, 0.25) is 0 Å². The Morgan fingerprint density at radius 2 is 1.57 bits per heavy atom. The number of nitrogens with one attached hydrogen (secondary N) is 3. The van der Waals surface area contributed by atoms with Crippen LogP contribution in [-0.4, -0.2) is 33.0 Å². The Morgan fingerprint density at radius 1 is 0.905 bits per heavy atom. The normalized spacial score (nSPS) is 10.7. The van der Waals surface area contributed by atoms with Gasteiger partial charge in [-0.1, -0.05) is 18.2 Å². The van der Waals surface area contributed by atoms with E-state index in [0.717, 1.165) is 18.2 Å². The number of carbonyl (C=O) groups is 1. The molecule has 9 N–H and O–H groups in total. The highest BCUT2D eigenvalue weighted by molar-refractivity contribution is 5.95. The third-order valence-corrected chi connectivity index (χ3v) is 5.28. The third-order valence-electron chi connectivity index (χ3n) is 5.28. The number of carboxylic acid groups (broad SMARTS) is 1. The lowest BCUT2D eigenvalue weighted by Crippen LogP contribution is -2.20. The highest BCUT2D eigenvalue weighted by Gasteiger charge is 2.27. The van der Waals surface area contributed by atoms with Gasteiger partial charge in [-0.15, -0.1) is 0 Å². The summed E-state index contributed by atoms with van der Waals surface area (Å²) in [7, 11) is 0. The summed E-state index contributed by atoms with van der Waals surface area (Å²) in [5.74, 6) is -8.22. The number of nitrogens with zero attached hydrogens (tertiary/aromatic N) is 1. The molecule has 3 aromatic carbocycles. The second-order valence-electron chi connectivity index (χ2n) is 8.39. The first kappa shape index (κ1) is 28.8. The zero-order valence-electron chi connectivity index (χ0n) is 21.4. The number of halogens is 2. The molecule has 1 aromatic heterocycles. The number of aromatic nitrogens is 1. The molecule has 0 saturated heterocycles. The summed E-state index contributed by atoms with van der Waals surface area (Å²) in [5, 5.41) is 36.6. The number of hydrogen-bond donors (Lipinski definition) is 7. The van der Waals surface area contributed by atoms with Gasteiger partial charge in [0.2, 0.25) is 17.4 Å². The van der Waals surface area contributed by atoms with Crippen LogP contribution in [-0.2, 0) is 4.79 Å². The van der Waals surface area contributed by atoms with Crippen LogP contribution < -0.4 is 31.0 Å². The van der Waals surface area contributed by atoms with Crippen molar-refractivity contribution in [3.05, 3.63) is 95.6 Å². The Balaban J connectivity index is 1.80. The van der Waals surface area contributed by atoms with Gasteiger partial charge in [0.15, 0.2) is 17.5 Å². The smallest absolute Gasteiger partial charge is 0.328 e. The number of guanidine groups is 1. The number of phenolic OH excluding ortho intramolecular Hbond substituents is 1. The zero-order chi connectivity index (χ0) is 30.4. The second kappa shape index (κ2) is 12.3. The molecule has 0 atom stereocenters. The standard InChI is InChI=1S/C28H22F2N6O6/c29-22-24(40-17-5-1-3-14(11-17)7-10-21(38)39)23(30)27(42-20-12-15(25(31)32)8-9-19(20)37)36-26(22)41-18-6-2-4-16(13-18)35-28(33)34/h1-13,37H,(H3,31,32)(H,38,39)(H4,33,34,35). The van der Waals surface area contributed by atoms with Crippen molar-refractivity contribution >= 4 is 29.5 Å². The maximum Gasteiger partial charge on any atom is 0.328 e. The SMILES string of the molecule is N=C(N)Nc1cccc(Oc2nc(Oc3cc(C(=N)N)ccc3O)c(F)c(Oc3cccc(C=CC(=O)O)c3)c2F)c1. The number of rotatable bonds is 10. The molecule has 0 aliphatic rings. The first-order valence-electron chi connectivity index (χ1n) is 11.8. The molecule has 12 nitrogen and oxygen atoms in total. The molecule has 1 heterocycles. The van der Waals surface area contributed by atoms with Gasteiger partial charge in [-0.3, -0.25) is 10.8 Å². The van der Waals surface area contributed by atoms with E-state index in [1.807, 2.05) is 0 Å². The van der Waals surface area contributed by atoms with Gasteiger partial charge >= 0.3 is 5.97 Å². The zero-order valence-corrected chi connectivity index (χ0v) is 21.4. The minimum atomic E-state index is -1.41. The molecule has 4 aromatic rings. The quantitative estimate of drug-likeness (QED) is 0.0751. The Kier molecular flexibility index (Phi) is 8.46. The maximum absolute atomic E-state index is 15.7. The number of anilines is 1. The van der Waals surface area contributed by atoms with E-state index in [9.17, 15) is 9.90 Å². The highest BCUT2D eigenvalue weighted by Crippen LogP contribution is 2.41. The third kappa shape index (κ3) is 7.06. The molecule has 0 spiro atoms. The van der Waals surface area contributed by atoms with Crippen molar-refractivity contribution in [1.82, 2.24) is 4.98 Å². The van der Waals surface area contributed by atoms with Crippen molar-refractivity contribution in [2.24, 2.45) is 11.5 Å². The number of aromatic hydroxyl groups is 1. The number of pyridine rings is 1. The summed E-state index contributed by atoms with van der Waals surface area (Å²) >= 11 is 0. The van der Waals surface area contributed by atoms with E-state index in [2.05, 4.69) is 10.3 Å². The van der Waals surface area contributed by atoms with Crippen molar-refractivity contribution in [3.8, 4) is 40.5 Å². The van der Waals surface area contributed by atoms with Crippen LogP contribution in [0.1, 0.15) is 11.1 Å². The molecule has 0 unspecified atom stereocenters. The molecular weight excluding hydrogens is 554 g/mol. The van der Waals surface area contributed by atoms with Crippen LogP contribution in [0.25, 0.3) is 6.08 Å².